The molecule has 12 heavy (non-hydrogen) atoms. The SMILES string of the molecule is CCC(CCC1CCC1C)NC. The van der Waals surface area contributed by atoms with Crippen molar-refractivity contribution < 1.29 is 0 Å². The fraction of sp³-hybridized carbons (Fsp3) is 1.00. The Bertz CT molecular complexity index is 113. The second-order valence-electron chi connectivity index (χ2n) is 4.29. The minimum Gasteiger partial charge on any atom is -0.317 e. The van der Waals surface area contributed by atoms with Gasteiger partial charge in [-0.05, 0) is 44.6 Å². The first-order chi connectivity index (χ1) is 5.77. The smallest absolute Gasteiger partial charge is 0.00615 e. The standard InChI is InChI=1S/C11H23N/c1-4-11(12-3)8-7-10-6-5-9(10)2/h9-12H,4-8H2,1-3H3. The second-order valence-corrected chi connectivity index (χ2v) is 4.29. The minimum absolute atomic E-state index is 0.762. The summed E-state index contributed by atoms with van der Waals surface area (Å²) in [5, 5.41) is 3.37. The van der Waals surface area contributed by atoms with Crippen molar-refractivity contribution in [3.05, 3.63) is 0 Å². The summed E-state index contributed by atoms with van der Waals surface area (Å²) in [4.78, 5) is 0. The van der Waals surface area contributed by atoms with Crippen LogP contribution in [0.25, 0.3) is 0 Å². The maximum Gasteiger partial charge on any atom is 0.00615 e. The van der Waals surface area contributed by atoms with Crippen LogP contribution >= 0.6 is 0 Å². The summed E-state index contributed by atoms with van der Waals surface area (Å²) in [6, 6.07) is 0.762. The molecule has 0 heterocycles. The van der Waals surface area contributed by atoms with Gasteiger partial charge in [0.15, 0.2) is 0 Å². The molecule has 1 nitrogen and oxygen atoms in total. The Morgan fingerprint density at radius 1 is 1.42 bits per heavy atom. The fourth-order valence-corrected chi connectivity index (χ4v) is 2.13. The minimum atomic E-state index is 0.762. The van der Waals surface area contributed by atoms with E-state index >= 15 is 0 Å². The highest BCUT2D eigenvalue weighted by atomic mass is 14.9. The van der Waals surface area contributed by atoms with Gasteiger partial charge in [-0.1, -0.05) is 20.3 Å². The highest BCUT2D eigenvalue weighted by molar-refractivity contribution is 4.78. The molecule has 72 valence electrons. The van der Waals surface area contributed by atoms with Crippen molar-refractivity contribution in [2.75, 3.05) is 7.05 Å². The molecule has 0 saturated heterocycles. The number of rotatable bonds is 5. The molecule has 0 radical (unpaired) electrons. The quantitative estimate of drug-likeness (QED) is 0.667. The van der Waals surface area contributed by atoms with Crippen LogP contribution in [0.3, 0.4) is 0 Å². The Labute approximate surface area is 76.9 Å². The third-order valence-electron chi connectivity index (χ3n) is 3.58. The zero-order valence-corrected chi connectivity index (χ0v) is 8.77. The molecule has 3 atom stereocenters. The van der Waals surface area contributed by atoms with Gasteiger partial charge in [-0.25, -0.2) is 0 Å². The molecule has 0 aromatic heterocycles. The lowest BCUT2D eigenvalue weighted by Gasteiger charge is -2.34. The van der Waals surface area contributed by atoms with Crippen LogP contribution in [0.15, 0.2) is 0 Å². The Hall–Kier alpha value is -0.0400. The van der Waals surface area contributed by atoms with Gasteiger partial charge >= 0.3 is 0 Å². The molecule has 0 spiro atoms. The molecule has 1 saturated carbocycles. The van der Waals surface area contributed by atoms with Gasteiger partial charge in [0, 0.05) is 6.04 Å². The van der Waals surface area contributed by atoms with E-state index in [9.17, 15) is 0 Å². The van der Waals surface area contributed by atoms with Crippen molar-refractivity contribution in [2.24, 2.45) is 11.8 Å². The molecule has 0 amide bonds. The van der Waals surface area contributed by atoms with Gasteiger partial charge < -0.3 is 5.32 Å². The third kappa shape index (κ3) is 2.48. The van der Waals surface area contributed by atoms with Crippen molar-refractivity contribution >= 4 is 0 Å². The van der Waals surface area contributed by atoms with Crippen LogP contribution in [0.4, 0.5) is 0 Å². The van der Waals surface area contributed by atoms with Gasteiger partial charge in [0.1, 0.15) is 0 Å². The molecule has 1 N–H and O–H groups in total. The monoisotopic (exact) mass is 169 g/mol. The number of hydrogen-bond donors (Lipinski definition) is 1. The molecule has 1 rings (SSSR count). The van der Waals surface area contributed by atoms with Crippen molar-refractivity contribution in [1.29, 1.82) is 0 Å². The van der Waals surface area contributed by atoms with Gasteiger partial charge in [0.25, 0.3) is 0 Å². The number of nitrogens with one attached hydrogen (secondary N) is 1. The normalized spacial score (nSPS) is 31.2. The molecule has 3 unspecified atom stereocenters. The maximum atomic E-state index is 3.37. The molecule has 1 heteroatoms. The average Bonchev–Trinajstić information content (AvgIpc) is 2.10. The van der Waals surface area contributed by atoms with Gasteiger partial charge in [0.05, 0.1) is 0 Å². The predicted molar refractivity (Wildman–Crippen MR) is 54.3 cm³/mol. The summed E-state index contributed by atoms with van der Waals surface area (Å²) >= 11 is 0. The topological polar surface area (TPSA) is 12.0 Å². The van der Waals surface area contributed by atoms with E-state index in [0.717, 1.165) is 17.9 Å². The Kier molecular flexibility index (Phi) is 4.07. The molecule has 1 aliphatic carbocycles. The van der Waals surface area contributed by atoms with E-state index in [4.69, 9.17) is 0 Å². The lowest BCUT2D eigenvalue weighted by atomic mass is 9.72. The first-order valence-electron chi connectivity index (χ1n) is 5.45. The lowest BCUT2D eigenvalue weighted by molar-refractivity contribution is 0.174. The van der Waals surface area contributed by atoms with E-state index < -0.39 is 0 Å². The van der Waals surface area contributed by atoms with Crippen LogP contribution < -0.4 is 5.32 Å². The predicted octanol–water partition coefficient (Wildman–Crippen LogP) is 2.81. The Morgan fingerprint density at radius 3 is 2.50 bits per heavy atom. The molecule has 0 aliphatic heterocycles. The summed E-state index contributed by atoms with van der Waals surface area (Å²) in [5.74, 6) is 2.06. The van der Waals surface area contributed by atoms with Gasteiger partial charge in [-0.2, -0.15) is 0 Å². The summed E-state index contributed by atoms with van der Waals surface area (Å²) in [7, 11) is 2.08. The van der Waals surface area contributed by atoms with Crippen molar-refractivity contribution in [3.63, 3.8) is 0 Å². The molecule has 0 aromatic rings. The van der Waals surface area contributed by atoms with Crippen molar-refractivity contribution in [2.45, 2.75) is 52.0 Å². The van der Waals surface area contributed by atoms with E-state index in [0.29, 0.717) is 0 Å². The van der Waals surface area contributed by atoms with Crippen LogP contribution in [-0.2, 0) is 0 Å². The highest BCUT2D eigenvalue weighted by Gasteiger charge is 2.26. The van der Waals surface area contributed by atoms with Gasteiger partial charge in [0.2, 0.25) is 0 Å². The van der Waals surface area contributed by atoms with Crippen LogP contribution in [-0.4, -0.2) is 13.1 Å². The van der Waals surface area contributed by atoms with E-state index in [1.54, 1.807) is 0 Å². The summed E-state index contributed by atoms with van der Waals surface area (Å²) in [5.41, 5.74) is 0. The first-order valence-corrected chi connectivity index (χ1v) is 5.45. The van der Waals surface area contributed by atoms with Gasteiger partial charge in [-0.15, -0.1) is 0 Å². The molecule has 1 aliphatic rings. The zero-order chi connectivity index (χ0) is 8.97. The third-order valence-corrected chi connectivity index (χ3v) is 3.58. The van der Waals surface area contributed by atoms with Crippen LogP contribution in [0.2, 0.25) is 0 Å². The lowest BCUT2D eigenvalue weighted by Crippen LogP contribution is -2.28. The van der Waals surface area contributed by atoms with E-state index in [1.807, 2.05) is 0 Å². The van der Waals surface area contributed by atoms with Gasteiger partial charge in [-0.3, -0.25) is 0 Å². The first kappa shape index (κ1) is 10.0. The van der Waals surface area contributed by atoms with E-state index in [1.165, 1.54) is 32.1 Å². The zero-order valence-electron chi connectivity index (χ0n) is 8.77. The largest absolute Gasteiger partial charge is 0.317 e. The van der Waals surface area contributed by atoms with E-state index in [-0.39, 0.29) is 0 Å². The fourth-order valence-electron chi connectivity index (χ4n) is 2.13. The summed E-state index contributed by atoms with van der Waals surface area (Å²) in [6.07, 6.45) is 7.06. The second kappa shape index (κ2) is 4.86. The van der Waals surface area contributed by atoms with Crippen LogP contribution in [0, 0.1) is 11.8 Å². The molecular formula is C11H23N. The molecule has 1 fully saturated rings. The average molecular weight is 169 g/mol. The molecule has 0 bridgehead atoms. The summed E-state index contributed by atoms with van der Waals surface area (Å²) in [6.45, 7) is 4.67. The highest BCUT2D eigenvalue weighted by Crippen LogP contribution is 2.37. The van der Waals surface area contributed by atoms with Crippen molar-refractivity contribution in [1.82, 2.24) is 5.32 Å². The molecule has 0 aromatic carbocycles. The van der Waals surface area contributed by atoms with Crippen LogP contribution in [0.5, 0.6) is 0 Å². The maximum absolute atomic E-state index is 3.37. The summed E-state index contributed by atoms with van der Waals surface area (Å²) < 4.78 is 0. The Balaban J connectivity index is 2.07. The van der Waals surface area contributed by atoms with Crippen LogP contribution in [0.1, 0.15) is 46.0 Å². The number of hydrogen-bond acceptors (Lipinski definition) is 1. The van der Waals surface area contributed by atoms with E-state index in [2.05, 4.69) is 26.2 Å². The Morgan fingerprint density at radius 2 is 2.17 bits per heavy atom. The van der Waals surface area contributed by atoms with Crippen molar-refractivity contribution in [3.8, 4) is 0 Å². The molecular weight excluding hydrogens is 146 g/mol.